The van der Waals surface area contributed by atoms with Gasteiger partial charge in [-0.05, 0) is 51.8 Å². The Balaban J connectivity index is 2.36. The average molecular weight is 246 g/mol. The minimum atomic E-state index is 0.179. The highest BCUT2D eigenvalue weighted by Gasteiger charge is 2.38. The number of rotatable bonds is 3. The number of aryl methyl sites for hydroxylation is 1. The lowest BCUT2D eigenvalue weighted by Gasteiger charge is -2.50. The third kappa shape index (κ3) is 2.26. The van der Waals surface area contributed by atoms with Crippen LogP contribution in [-0.4, -0.2) is 25.2 Å². The minimum absolute atomic E-state index is 0.179. The second-order valence-corrected chi connectivity index (χ2v) is 5.77. The number of anilines is 1. The normalized spacial score (nSPS) is 23.1. The molecule has 2 rings (SSSR count). The SMILES string of the molecule is CCc1ccccc1N1CCCC(NC)C1(C)C. The molecule has 0 amide bonds. The predicted molar refractivity (Wildman–Crippen MR) is 79.3 cm³/mol. The van der Waals surface area contributed by atoms with Crippen LogP contribution < -0.4 is 10.2 Å². The van der Waals surface area contributed by atoms with E-state index in [1.807, 2.05) is 0 Å². The van der Waals surface area contributed by atoms with Crippen LogP contribution in [0.4, 0.5) is 5.69 Å². The Morgan fingerprint density at radius 2 is 2.06 bits per heavy atom. The quantitative estimate of drug-likeness (QED) is 0.881. The minimum Gasteiger partial charge on any atom is -0.365 e. The number of nitrogens with zero attached hydrogens (tertiary/aromatic N) is 1. The van der Waals surface area contributed by atoms with Gasteiger partial charge in [0.25, 0.3) is 0 Å². The Hall–Kier alpha value is -1.02. The van der Waals surface area contributed by atoms with E-state index >= 15 is 0 Å². The van der Waals surface area contributed by atoms with Crippen LogP contribution in [0.25, 0.3) is 0 Å². The topological polar surface area (TPSA) is 15.3 Å². The summed E-state index contributed by atoms with van der Waals surface area (Å²) in [6, 6.07) is 9.41. The number of piperidine rings is 1. The molecule has 0 bridgehead atoms. The highest BCUT2D eigenvalue weighted by atomic mass is 15.2. The van der Waals surface area contributed by atoms with Crippen LogP contribution in [0.15, 0.2) is 24.3 Å². The first-order valence-electron chi connectivity index (χ1n) is 7.14. The smallest absolute Gasteiger partial charge is 0.0498 e. The van der Waals surface area contributed by atoms with Gasteiger partial charge in [0.05, 0.1) is 0 Å². The van der Waals surface area contributed by atoms with Gasteiger partial charge in [-0.15, -0.1) is 0 Å². The Kier molecular flexibility index (Phi) is 3.96. The van der Waals surface area contributed by atoms with Crippen molar-refractivity contribution in [3.05, 3.63) is 29.8 Å². The van der Waals surface area contributed by atoms with Crippen LogP contribution >= 0.6 is 0 Å². The van der Waals surface area contributed by atoms with Gasteiger partial charge >= 0.3 is 0 Å². The van der Waals surface area contributed by atoms with Gasteiger partial charge in [-0.2, -0.15) is 0 Å². The standard InChI is InChI=1S/C16H26N2/c1-5-13-9-6-7-10-14(13)18-12-8-11-15(17-4)16(18,2)3/h6-7,9-10,15,17H,5,8,11-12H2,1-4H3. The molecule has 1 N–H and O–H groups in total. The van der Waals surface area contributed by atoms with Crippen molar-refractivity contribution in [3.63, 3.8) is 0 Å². The number of hydrogen-bond donors (Lipinski definition) is 1. The van der Waals surface area contributed by atoms with Crippen molar-refractivity contribution in [2.45, 2.75) is 51.6 Å². The summed E-state index contributed by atoms with van der Waals surface area (Å²) in [5, 5.41) is 3.49. The van der Waals surface area contributed by atoms with Crippen molar-refractivity contribution in [3.8, 4) is 0 Å². The summed E-state index contributed by atoms with van der Waals surface area (Å²) in [6.07, 6.45) is 3.65. The summed E-state index contributed by atoms with van der Waals surface area (Å²) in [7, 11) is 2.08. The largest absolute Gasteiger partial charge is 0.365 e. The fourth-order valence-electron chi connectivity index (χ4n) is 3.28. The van der Waals surface area contributed by atoms with Crippen molar-refractivity contribution in [1.82, 2.24) is 5.32 Å². The first-order valence-corrected chi connectivity index (χ1v) is 7.14. The van der Waals surface area contributed by atoms with Crippen molar-refractivity contribution in [2.24, 2.45) is 0 Å². The fraction of sp³-hybridized carbons (Fsp3) is 0.625. The Labute approximate surface area is 111 Å². The van der Waals surface area contributed by atoms with Crippen LogP contribution in [0.1, 0.15) is 39.2 Å². The molecule has 1 aliphatic rings. The molecule has 0 aliphatic carbocycles. The molecular formula is C16H26N2. The van der Waals surface area contributed by atoms with E-state index in [1.54, 1.807) is 0 Å². The lowest BCUT2D eigenvalue weighted by atomic mass is 9.84. The highest BCUT2D eigenvalue weighted by molar-refractivity contribution is 5.56. The summed E-state index contributed by atoms with van der Waals surface area (Å²) in [6.45, 7) is 8.13. The molecule has 1 heterocycles. The molecule has 0 radical (unpaired) electrons. The molecule has 1 aromatic rings. The van der Waals surface area contributed by atoms with Crippen molar-refractivity contribution < 1.29 is 0 Å². The second-order valence-electron chi connectivity index (χ2n) is 5.77. The summed E-state index contributed by atoms with van der Waals surface area (Å²) in [5.41, 5.74) is 3.06. The molecule has 2 heteroatoms. The molecule has 1 saturated heterocycles. The average Bonchev–Trinajstić information content (AvgIpc) is 2.38. The van der Waals surface area contributed by atoms with Gasteiger partial charge in [0.1, 0.15) is 0 Å². The number of para-hydroxylation sites is 1. The van der Waals surface area contributed by atoms with E-state index < -0.39 is 0 Å². The molecule has 18 heavy (non-hydrogen) atoms. The van der Waals surface area contributed by atoms with E-state index in [9.17, 15) is 0 Å². The van der Waals surface area contributed by atoms with Gasteiger partial charge in [-0.25, -0.2) is 0 Å². The van der Waals surface area contributed by atoms with E-state index in [-0.39, 0.29) is 5.54 Å². The lowest BCUT2D eigenvalue weighted by Crippen LogP contribution is -2.60. The van der Waals surface area contributed by atoms with Crippen molar-refractivity contribution in [2.75, 3.05) is 18.5 Å². The van der Waals surface area contributed by atoms with Gasteiger partial charge in [0.15, 0.2) is 0 Å². The number of likely N-dealkylation sites (N-methyl/N-ethyl adjacent to an activating group) is 1. The molecular weight excluding hydrogens is 220 g/mol. The van der Waals surface area contributed by atoms with Gasteiger partial charge in [-0.3, -0.25) is 0 Å². The van der Waals surface area contributed by atoms with Crippen LogP contribution in [-0.2, 0) is 6.42 Å². The van der Waals surface area contributed by atoms with E-state index in [0.29, 0.717) is 6.04 Å². The Morgan fingerprint density at radius 3 is 2.72 bits per heavy atom. The molecule has 1 aromatic carbocycles. The maximum atomic E-state index is 3.49. The number of benzene rings is 1. The molecule has 1 atom stereocenters. The van der Waals surface area contributed by atoms with Crippen molar-refractivity contribution >= 4 is 5.69 Å². The number of nitrogens with one attached hydrogen (secondary N) is 1. The Morgan fingerprint density at radius 1 is 1.33 bits per heavy atom. The summed E-state index contributed by atoms with van der Waals surface area (Å²) < 4.78 is 0. The first-order chi connectivity index (χ1) is 8.61. The molecule has 100 valence electrons. The van der Waals surface area contributed by atoms with Crippen LogP contribution in [0.5, 0.6) is 0 Å². The first kappa shape index (κ1) is 13.4. The summed E-state index contributed by atoms with van der Waals surface area (Å²) in [5.74, 6) is 0. The van der Waals surface area contributed by atoms with E-state index in [2.05, 4.69) is 62.3 Å². The number of hydrogen-bond acceptors (Lipinski definition) is 2. The van der Waals surface area contributed by atoms with Crippen LogP contribution in [0.2, 0.25) is 0 Å². The molecule has 1 aliphatic heterocycles. The maximum absolute atomic E-state index is 3.49. The predicted octanol–water partition coefficient (Wildman–Crippen LogP) is 3.22. The fourth-order valence-corrected chi connectivity index (χ4v) is 3.28. The van der Waals surface area contributed by atoms with E-state index in [0.717, 1.165) is 6.42 Å². The molecule has 0 aromatic heterocycles. The molecule has 1 fully saturated rings. The molecule has 0 spiro atoms. The van der Waals surface area contributed by atoms with Crippen LogP contribution in [0, 0.1) is 0 Å². The molecule has 0 saturated carbocycles. The third-order valence-corrected chi connectivity index (χ3v) is 4.43. The monoisotopic (exact) mass is 246 g/mol. The summed E-state index contributed by atoms with van der Waals surface area (Å²) >= 11 is 0. The van der Waals surface area contributed by atoms with Gasteiger partial charge < -0.3 is 10.2 Å². The highest BCUT2D eigenvalue weighted by Crippen LogP contribution is 2.34. The Bertz CT molecular complexity index is 398. The van der Waals surface area contributed by atoms with Crippen LogP contribution in [0.3, 0.4) is 0 Å². The van der Waals surface area contributed by atoms with E-state index in [1.165, 1.54) is 30.6 Å². The second kappa shape index (κ2) is 5.31. The van der Waals surface area contributed by atoms with Gasteiger partial charge in [0, 0.05) is 23.8 Å². The van der Waals surface area contributed by atoms with Crippen molar-refractivity contribution in [1.29, 1.82) is 0 Å². The van der Waals surface area contributed by atoms with E-state index in [4.69, 9.17) is 0 Å². The molecule has 2 nitrogen and oxygen atoms in total. The molecule has 1 unspecified atom stereocenters. The zero-order valence-electron chi connectivity index (χ0n) is 12.2. The zero-order chi connectivity index (χ0) is 13.2. The third-order valence-electron chi connectivity index (χ3n) is 4.43. The summed E-state index contributed by atoms with van der Waals surface area (Å²) in [4.78, 5) is 2.59. The lowest BCUT2D eigenvalue weighted by molar-refractivity contribution is 0.275. The maximum Gasteiger partial charge on any atom is 0.0498 e. The van der Waals surface area contributed by atoms with Gasteiger partial charge in [-0.1, -0.05) is 25.1 Å². The van der Waals surface area contributed by atoms with Gasteiger partial charge in [0.2, 0.25) is 0 Å². The zero-order valence-corrected chi connectivity index (χ0v) is 12.2.